The predicted octanol–water partition coefficient (Wildman–Crippen LogP) is -0.0101. The summed E-state index contributed by atoms with van der Waals surface area (Å²) in [5.41, 5.74) is 14.0. The fraction of sp³-hybridized carbons (Fsp3) is 1.00. The number of nitrogens with two attached hydrogens (primary N) is 1. The van der Waals surface area contributed by atoms with E-state index in [0.29, 0.717) is 0 Å². The Morgan fingerprint density at radius 2 is 1.64 bits per heavy atom. The summed E-state index contributed by atoms with van der Waals surface area (Å²) in [6, 6.07) is 0. The minimum Gasteiger partial charge on any atom is -0.296 e. The minimum absolute atomic E-state index is 1.07. The van der Waals surface area contributed by atoms with Gasteiger partial charge in [-0.3, -0.25) is 15.5 Å². The third kappa shape index (κ3) is 2.06. The van der Waals surface area contributed by atoms with E-state index in [1.165, 1.54) is 0 Å². The zero-order chi connectivity index (χ0) is 9.07. The Labute approximate surface area is 66.2 Å². The van der Waals surface area contributed by atoms with Gasteiger partial charge in [-0.05, 0) is 38.8 Å². The molecule has 0 heterocycles. The Bertz CT molecular complexity index is 160. The average molecular weight is 158 g/mol. The summed E-state index contributed by atoms with van der Waals surface area (Å²) in [5, 5.41) is 3.47. The quantitative estimate of drug-likeness (QED) is 0.271. The molecule has 0 saturated carbocycles. The van der Waals surface area contributed by atoms with Crippen molar-refractivity contribution in [2.75, 3.05) is 28.2 Å². The van der Waals surface area contributed by atoms with Crippen molar-refractivity contribution in [3.63, 3.8) is 0 Å². The Kier molecular flexibility index (Phi) is 3.28. The zero-order valence-corrected chi connectivity index (χ0v) is 7.31. The molecule has 2 N–H and O–H groups in total. The molecular formula is C5H14N6. The summed E-state index contributed by atoms with van der Waals surface area (Å²) >= 11 is 0. The molecule has 0 aromatic carbocycles. The van der Waals surface area contributed by atoms with Gasteiger partial charge in [0.05, 0.1) is 0 Å². The van der Waals surface area contributed by atoms with Gasteiger partial charge in [0.25, 0.3) is 0 Å². The van der Waals surface area contributed by atoms with Gasteiger partial charge in [0, 0.05) is 4.91 Å². The van der Waals surface area contributed by atoms with Crippen molar-refractivity contribution in [3.05, 3.63) is 10.4 Å². The molecule has 0 saturated heterocycles. The fourth-order valence-corrected chi connectivity index (χ4v) is 0.645. The van der Waals surface area contributed by atoms with Crippen LogP contribution >= 0.6 is 0 Å². The highest BCUT2D eigenvalue weighted by atomic mass is 15.6. The zero-order valence-electron chi connectivity index (χ0n) is 7.31. The summed E-state index contributed by atoms with van der Waals surface area (Å²) in [6.45, 7) is 0. The standard InChI is InChI=1S/C5H14N6/c1-10(2)5(6,8-9-7)11(3)4/h6H2,1-4H3. The molecule has 0 aromatic heterocycles. The van der Waals surface area contributed by atoms with Crippen LogP contribution in [0.25, 0.3) is 10.4 Å². The minimum atomic E-state index is -1.07. The number of hydrogen-bond acceptors (Lipinski definition) is 4. The van der Waals surface area contributed by atoms with Crippen molar-refractivity contribution >= 4 is 0 Å². The molecular weight excluding hydrogens is 144 g/mol. The van der Waals surface area contributed by atoms with Gasteiger partial charge < -0.3 is 0 Å². The van der Waals surface area contributed by atoms with Crippen molar-refractivity contribution in [3.8, 4) is 0 Å². The first-order valence-corrected chi connectivity index (χ1v) is 3.15. The lowest BCUT2D eigenvalue weighted by atomic mass is 10.5. The lowest BCUT2D eigenvalue weighted by molar-refractivity contribution is 0.0160. The van der Waals surface area contributed by atoms with E-state index >= 15 is 0 Å². The molecule has 0 fully saturated rings. The lowest BCUT2D eigenvalue weighted by Crippen LogP contribution is -2.60. The summed E-state index contributed by atoms with van der Waals surface area (Å²) in [4.78, 5) is 5.93. The van der Waals surface area contributed by atoms with E-state index in [9.17, 15) is 0 Å². The van der Waals surface area contributed by atoms with E-state index in [1.54, 1.807) is 38.0 Å². The second-order valence-corrected chi connectivity index (χ2v) is 2.67. The second-order valence-electron chi connectivity index (χ2n) is 2.67. The van der Waals surface area contributed by atoms with Crippen LogP contribution in [-0.4, -0.2) is 43.9 Å². The fourth-order valence-electron chi connectivity index (χ4n) is 0.645. The average Bonchev–Trinajstić information content (AvgIpc) is 1.87. The van der Waals surface area contributed by atoms with Crippen LogP contribution in [0.2, 0.25) is 0 Å². The Morgan fingerprint density at radius 3 is 1.73 bits per heavy atom. The van der Waals surface area contributed by atoms with Crippen LogP contribution in [0.3, 0.4) is 0 Å². The molecule has 6 nitrogen and oxygen atoms in total. The number of nitrogens with zero attached hydrogens (tertiary/aromatic N) is 5. The smallest absolute Gasteiger partial charge is 0.206 e. The van der Waals surface area contributed by atoms with Crippen molar-refractivity contribution in [1.82, 2.24) is 9.80 Å². The van der Waals surface area contributed by atoms with E-state index in [1.807, 2.05) is 0 Å². The summed E-state index contributed by atoms with van der Waals surface area (Å²) in [5.74, 6) is -1.07. The topological polar surface area (TPSA) is 81.3 Å². The van der Waals surface area contributed by atoms with E-state index in [4.69, 9.17) is 11.3 Å². The van der Waals surface area contributed by atoms with Gasteiger partial charge in [-0.15, -0.1) is 0 Å². The number of hydrogen-bond donors (Lipinski definition) is 1. The van der Waals surface area contributed by atoms with E-state index < -0.39 is 5.91 Å². The van der Waals surface area contributed by atoms with Gasteiger partial charge in [0.1, 0.15) is 0 Å². The van der Waals surface area contributed by atoms with Gasteiger partial charge in [-0.1, -0.05) is 0 Å². The third-order valence-electron chi connectivity index (χ3n) is 1.51. The molecule has 64 valence electrons. The number of rotatable bonds is 3. The first kappa shape index (κ1) is 10.2. The van der Waals surface area contributed by atoms with E-state index in [-0.39, 0.29) is 0 Å². The van der Waals surface area contributed by atoms with Gasteiger partial charge in [-0.2, -0.15) is 0 Å². The Balaban J connectivity index is 4.66. The van der Waals surface area contributed by atoms with Crippen LogP contribution in [0, 0.1) is 0 Å². The molecule has 0 aromatic rings. The van der Waals surface area contributed by atoms with Crippen LogP contribution in [0.1, 0.15) is 0 Å². The molecule has 11 heavy (non-hydrogen) atoms. The monoisotopic (exact) mass is 158 g/mol. The van der Waals surface area contributed by atoms with Gasteiger partial charge >= 0.3 is 0 Å². The maximum atomic E-state index is 8.22. The van der Waals surface area contributed by atoms with Crippen LogP contribution in [0.15, 0.2) is 5.11 Å². The summed E-state index contributed by atoms with van der Waals surface area (Å²) in [7, 11) is 6.98. The van der Waals surface area contributed by atoms with Crippen molar-refractivity contribution < 1.29 is 0 Å². The summed E-state index contributed by atoms with van der Waals surface area (Å²) < 4.78 is 0. The highest BCUT2D eigenvalue weighted by Crippen LogP contribution is 2.08. The summed E-state index contributed by atoms with van der Waals surface area (Å²) in [6.07, 6.45) is 0. The first-order valence-electron chi connectivity index (χ1n) is 3.15. The predicted molar refractivity (Wildman–Crippen MR) is 43.4 cm³/mol. The van der Waals surface area contributed by atoms with Crippen LogP contribution in [-0.2, 0) is 0 Å². The molecule has 0 rings (SSSR count). The Hall–Kier alpha value is -0.810. The second kappa shape index (κ2) is 3.54. The maximum absolute atomic E-state index is 8.22. The molecule has 0 radical (unpaired) electrons. The molecule has 0 aliphatic rings. The first-order chi connectivity index (χ1) is 4.95. The highest BCUT2D eigenvalue weighted by molar-refractivity contribution is 4.75. The highest BCUT2D eigenvalue weighted by Gasteiger charge is 2.28. The van der Waals surface area contributed by atoms with Crippen molar-refractivity contribution in [2.45, 2.75) is 5.91 Å². The van der Waals surface area contributed by atoms with Gasteiger partial charge in [0.2, 0.25) is 5.91 Å². The van der Waals surface area contributed by atoms with Crippen LogP contribution in [0.4, 0.5) is 0 Å². The Morgan fingerprint density at radius 1 is 1.27 bits per heavy atom. The maximum Gasteiger partial charge on any atom is 0.206 e. The molecule has 0 spiro atoms. The van der Waals surface area contributed by atoms with Crippen molar-refractivity contribution in [1.29, 1.82) is 0 Å². The molecule has 0 aliphatic heterocycles. The molecule has 0 bridgehead atoms. The van der Waals surface area contributed by atoms with Crippen LogP contribution in [0.5, 0.6) is 0 Å². The molecule has 0 amide bonds. The van der Waals surface area contributed by atoms with Crippen LogP contribution < -0.4 is 5.73 Å². The lowest BCUT2D eigenvalue weighted by Gasteiger charge is -2.36. The van der Waals surface area contributed by atoms with Crippen molar-refractivity contribution in [2.24, 2.45) is 10.8 Å². The van der Waals surface area contributed by atoms with Gasteiger partial charge in [0.15, 0.2) is 0 Å². The molecule has 0 atom stereocenters. The molecule has 0 aliphatic carbocycles. The normalized spacial score (nSPS) is 11.9. The largest absolute Gasteiger partial charge is 0.296 e. The van der Waals surface area contributed by atoms with E-state index in [0.717, 1.165) is 0 Å². The van der Waals surface area contributed by atoms with E-state index in [2.05, 4.69) is 10.0 Å². The third-order valence-corrected chi connectivity index (χ3v) is 1.51. The SMILES string of the molecule is CN(C)C(N)(N=[N+]=[N-])N(C)C. The molecule has 6 heteroatoms. The molecule has 0 unspecified atom stereocenters. The van der Waals surface area contributed by atoms with Gasteiger partial charge in [-0.25, -0.2) is 0 Å². The number of azide groups is 1.